The van der Waals surface area contributed by atoms with Gasteiger partial charge in [-0.1, -0.05) is 12.1 Å². The predicted octanol–water partition coefficient (Wildman–Crippen LogP) is 0.609. The first-order valence-corrected chi connectivity index (χ1v) is 5.95. The Labute approximate surface area is 109 Å². The number of aromatic amines is 1. The smallest absolute Gasteiger partial charge is 0.352 e. The van der Waals surface area contributed by atoms with Crippen molar-refractivity contribution in [2.24, 2.45) is 5.73 Å². The zero-order chi connectivity index (χ0) is 14.0. The molecule has 0 aliphatic carbocycles. The first-order chi connectivity index (χ1) is 9.02. The Balaban J connectivity index is 2.32. The summed E-state index contributed by atoms with van der Waals surface area (Å²) in [5.74, 6) is -1.04. The van der Waals surface area contributed by atoms with Crippen LogP contribution >= 0.6 is 0 Å². The van der Waals surface area contributed by atoms with Crippen molar-refractivity contribution >= 4 is 16.9 Å². The van der Waals surface area contributed by atoms with E-state index in [-0.39, 0.29) is 12.2 Å². The number of carboxylic acids is 1. The van der Waals surface area contributed by atoms with E-state index in [0.29, 0.717) is 17.5 Å². The number of aliphatic hydroxyl groups excluding tert-OH is 2. The van der Waals surface area contributed by atoms with Crippen LogP contribution in [0.1, 0.15) is 28.6 Å². The van der Waals surface area contributed by atoms with Crippen molar-refractivity contribution in [2.75, 3.05) is 6.54 Å². The maximum atomic E-state index is 10.8. The van der Waals surface area contributed by atoms with E-state index in [1.54, 1.807) is 18.2 Å². The van der Waals surface area contributed by atoms with E-state index in [9.17, 15) is 15.0 Å². The highest BCUT2D eigenvalue weighted by molar-refractivity contribution is 5.93. The third-order valence-electron chi connectivity index (χ3n) is 3.05. The van der Waals surface area contributed by atoms with Gasteiger partial charge in [0.25, 0.3) is 0 Å². The number of hydrogen-bond donors (Lipinski definition) is 5. The molecule has 102 valence electrons. The highest BCUT2D eigenvalue weighted by atomic mass is 16.4. The second-order valence-corrected chi connectivity index (χ2v) is 4.42. The van der Waals surface area contributed by atoms with Crippen LogP contribution in [0.15, 0.2) is 24.3 Å². The van der Waals surface area contributed by atoms with Gasteiger partial charge in [0.2, 0.25) is 0 Å². The molecule has 2 rings (SSSR count). The molecular weight excluding hydrogens is 248 g/mol. The largest absolute Gasteiger partial charge is 0.477 e. The van der Waals surface area contributed by atoms with E-state index in [1.165, 1.54) is 6.07 Å². The molecule has 6 heteroatoms. The minimum absolute atomic E-state index is 0.0872. The number of aromatic carboxylic acids is 1. The quantitative estimate of drug-likeness (QED) is 0.542. The molecule has 19 heavy (non-hydrogen) atoms. The van der Waals surface area contributed by atoms with Crippen molar-refractivity contribution in [3.05, 3.63) is 35.5 Å². The Morgan fingerprint density at radius 1 is 1.32 bits per heavy atom. The van der Waals surface area contributed by atoms with Crippen molar-refractivity contribution < 1.29 is 20.1 Å². The van der Waals surface area contributed by atoms with Crippen LogP contribution in [0.3, 0.4) is 0 Å². The lowest BCUT2D eigenvalue weighted by atomic mass is 10.0. The minimum Gasteiger partial charge on any atom is -0.477 e. The molecule has 6 N–H and O–H groups in total. The summed E-state index contributed by atoms with van der Waals surface area (Å²) < 4.78 is 0. The summed E-state index contributed by atoms with van der Waals surface area (Å²) >= 11 is 0. The molecule has 0 spiro atoms. The fourth-order valence-corrected chi connectivity index (χ4v) is 1.99. The highest BCUT2D eigenvalue weighted by Gasteiger charge is 2.18. The van der Waals surface area contributed by atoms with Gasteiger partial charge < -0.3 is 26.0 Å². The molecule has 0 aliphatic rings. The fourth-order valence-electron chi connectivity index (χ4n) is 1.99. The average molecular weight is 264 g/mol. The van der Waals surface area contributed by atoms with Crippen LogP contribution in [0, 0.1) is 0 Å². The predicted molar refractivity (Wildman–Crippen MR) is 69.9 cm³/mol. The van der Waals surface area contributed by atoms with Crippen LogP contribution < -0.4 is 5.73 Å². The van der Waals surface area contributed by atoms with E-state index >= 15 is 0 Å². The number of hydrogen-bond acceptors (Lipinski definition) is 4. The molecule has 0 amide bonds. The maximum absolute atomic E-state index is 10.8. The molecule has 6 nitrogen and oxygen atoms in total. The number of aliphatic hydroxyl groups is 2. The Morgan fingerprint density at radius 2 is 2.05 bits per heavy atom. The molecule has 2 unspecified atom stereocenters. The van der Waals surface area contributed by atoms with E-state index in [1.807, 2.05) is 0 Å². The Morgan fingerprint density at radius 3 is 2.68 bits per heavy atom. The van der Waals surface area contributed by atoms with Crippen LogP contribution in [0.25, 0.3) is 10.9 Å². The molecule has 0 saturated heterocycles. The lowest BCUT2D eigenvalue weighted by molar-refractivity contribution is 0.0151. The lowest BCUT2D eigenvalue weighted by Crippen LogP contribution is -2.21. The van der Waals surface area contributed by atoms with Crippen molar-refractivity contribution in [3.8, 4) is 0 Å². The summed E-state index contributed by atoms with van der Waals surface area (Å²) in [6.45, 7) is 0.284. The Hall–Kier alpha value is -1.89. The standard InChI is InChI=1S/C13H16N2O4/c14-4-3-11(16)12(17)8-2-1-7-5-10(13(18)19)15-9(7)6-8/h1-2,5-6,11-12,15-17H,3-4,14H2,(H,18,19). The molecule has 2 atom stereocenters. The van der Waals surface area contributed by atoms with Crippen LogP contribution in [-0.2, 0) is 0 Å². The maximum Gasteiger partial charge on any atom is 0.352 e. The minimum atomic E-state index is -1.04. The third kappa shape index (κ3) is 2.76. The lowest BCUT2D eigenvalue weighted by Gasteiger charge is -2.17. The summed E-state index contributed by atoms with van der Waals surface area (Å²) in [6, 6.07) is 6.51. The van der Waals surface area contributed by atoms with Gasteiger partial charge in [-0.05, 0) is 30.7 Å². The summed E-state index contributed by atoms with van der Waals surface area (Å²) in [6.07, 6.45) is -1.68. The van der Waals surface area contributed by atoms with Crippen LogP contribution in [-0.4, -0.2) is 38.9 Å². The molecule has 0 aliphatic heterocycles. The van der Waals surface area contributed by atoms with E-state index < -0.39 is 18.2 Å². The molecule has 0 fully saturated rings. The highest BCUT2D eigenvalue weighted by Crippen LogP contribution is 2.24. The van der Waals surface area contributed by atoms with Gasteiger partial charge in [-0.2, -0.15) is 0 Å². The van der Waals surface area contributed by atoms with Gasteiger partial charge in [-0.3, -0.25) is 0 Å². The summed E-state index contributed by atoms with van der Waals surface area (Å²) in [4.78, 5) is 13.6. The zero-order valence-corrected chi connectivity index (χ0v) is 10.2. The van der Waals surface area contributed by atoms with Gasteiger partial charge in [0.15, 0.2) is 0 Å². The number of aromatic nitrogens is 1. The first kappa shape index (κ1) is 13.5. The summed E-state index contributed by atoms with van der Waals surface area (Å²) in [7, 11) is 0. The number of fused-ring (bicyclic) bond motifs is 1. The Bertz CT molecular complexity index is 593. The van der Waals surface area contributed by atoms with E-state index in [4.69, 9.17) is 10.8 Å². The summed E-state index contributed by atoms with van der Waals surface area (Å²) in [5.41, 5.74) is 6.54. The summed E-state index contributed by atoms with van der Waals surface area (Å²) in [5, 5.41) is 29.3. The number of carboxylic acid groups (broad SMARTS) is 1. The van der Waals surface area contributed by atoms with Crippen molar-refractivity contribution in [3.63, 3.8) is 0 Å². The average Bonchev–Trinajstić information content (AvgIpc) is 2.81. The second kappa shape index (κ2) is 5.40. The number of rotatable bonds is 5. The van der Waals surface area contributed by atoms with Crippen LogP contribution in [0.2, 0.25) is 0 Å². The van der Waals surface area contributed by atoms with Gasteiger partial charge in [0.05, 0.1) is 6.10 Å². The number of H-pyrrole nitrogens is 1. The number of nitrogens with two attached hydrogens (primary N) is 1. The molecular formula is C13H16N2O4. The van der Waals surface area contributed by atoms with Crippen LogP contribution in [0.4, 0.5) is 0 Å². The van der Waals surface area contributed by atoms with Gasteiger partial charge in [-0.15, -0.1) is 0 Å². The molecule has 0 bridgehead atoms. The molecule has 0 saturated carbocycles. The topological polar surface area (TPSA) is 120 Å². The third-order valence-corrected chi connectivity index (χ3v) is 3.05. The molecule has 1 heterocycles. The number of nitrogens with one attached hydrogen (secondary N) is 1. The van der Waals surface area contributed by atoms with Crippen molar-refractivity contribution in [1.29, 1.82) is 0 Å². The molecule has 2 aromatic rings. The molecule has 1 aromatic heterocycles. The van der Waals surface area contributed by atoms with Gasteiger partial charge in [0.1, 0.15) is 11.8 Å². The van der Waals surface area contributed by atoms with Gasteiger partial charge in [0, 0.05) is 10.9 Å². The van der Waals surface area contributed by atoms with Crippen molar-refractivity contribution in [1.82, 2.24) is 4.98 Å². The normalized spacial score (nSPS) is 14.5. The second-order valence-electron chi connectivity index (χ2n) is 4.42. The van der Waals surface area contributed by atoms with Crippen LogP contribution in [0.5, 0.6) is 0 Å². The monoisotopic (exact) mass is 264 g/mol. The van der Waals surface area contributed by atoms with E-state index in [2.05, 4.69) is 4.98 Å². The first-order valence-electron chi connectivity index (χ1n) is 5.95. The van der Waals surface area contributed by atoms with Crippen molar-refractivity contribution in [2.45, 2.75) is 18.6 Å². The SMILES string of the molecule is NCCC(O)C(O)c1ccc2cc(C(=O)O)[nH]c2c1. The fraction of sp³-hybridized carbons (Fsp3) is 0.308. The van der Waals surface area contributed by atoms with Gasteiger partial charge >= 0.3 is 5.97 Å². The Kier molecular flexibility index (Phi) is 3.84. The van der Waals surface area contributed by atoms with E-state index in [0.717, 1.165) is 5.39 Å². The zero-order valence-electron chi connectivity index (χ0n) is 10.2. The molecule has 0 radical (unpaired) electrons. The molecule has 1 aromatic carbocycles. The number of carbonyl (C=O) groups is 1. The van der Waals surface area contributed by atoms with Gasteiger partial charge in [-0.25, -0.2) is 4.79 Å². The number of benzene rings is 1.